The zero-order valence-electron chi connectivity index (χ0n) is 13.8. The quantitative estimate of drug-likeness (QED) is 0.933. The topological polar surface area (TPSA) is 62.4 Å². The second kappa shape index (κ2) is 5.93. The summed E-state index contributed by atoms with van der Waals surface area (Å²) in [5, 5.41) is 13.2. The number of hydrogen-bond donors (Lipinski definition) is 1. The van der Waals surface area contributed by atoms with Gasteiger partial charge in [-0.3, -0.25) is 4.90 Å². The van der Waals surface area contributed by atoms with Gasteiger partial charge in [0, 0.05) is 25.2 Å². The molecule has 0 bridgehead atoms. The first-order valence-corrected chi connectivity index (χ1v) is 8.52. The van der Waals surface area contributed by atoms with Crippen molar-refractivity contribution in [1.29, 1.82) is 0 Å². The van der Waals surface area contributed by atoms with Crippen molar-refractivity contribution in [1.82, 2.24) is 15.0 Å². The summed E-state index contributed by atoms with van der Waals surface area (Å²) in [6.07, 6.45) is 3.38. The van der Waals surface area contributed by atoms with E-state index in [1.807, 2.05) is 6.92 Å². The molecule has 2 heterocycles. The number of aliphatic hydroxyl groups excluding tert-OH is 1. The zero-order chi connectivity index (χ0) is 16.7. The van der Waals surface area contributed by atoms with Crippen molar-refractivity contribution in [2.45, 2.75) is 44.8 Å². The van der Waals surface area contributed by atoms with Crippen LogP contribution in [0.25, 0.3) is 0 Å². The normalized spacial score (nSPS) is 26.9. The zero-order valence-corrected chi connectivity index (χ0v) is 13.8. The number of aryl methyl sites for hydroxylation is 1. The molecule has 24 heavy (non-hydrogen) atoms. The van der Waals surface area contributed by atoms with E-state index in [0.29, 0.717) is 23.9 Å². The summed E-state index contributed by atoms with van der Waals surface area (Å²) in [7, 11) is 0. The van der Waals surface area contributed by atoms with Crippen molar-refractivity contribution in [3.8, 4) is 0 Å². The largest absolute Gasteiger partial charge is 0.392 e. The molecule has 0 radical (unpaired) electrons. The Labute approximate surface area is 140 Å². The number of likely N-dealkylation sites (tertiary alicyclic amines) is 1. The number of halogens is 1. The molecule has 1 saturated heterocycles. The molecule has 2 aliphatic rings. The van der Waals surface area contributed by atoms with Gasteiger partial charge in [-0.25, -0.2) is 4.39 Å². The van der Waals surface area contributed by atoms with E-state index in [2.05, 4.69) is 15.0 Å². The highest BCUT2D eigenvalue weighted by Crippen LogP contribution is 2.50. The predicted molar refractivity (Wildman–Crippen MR) is 85.7 cm³/mol. The Balaban J connectivity index is 1.57. The van der Waals surface area contributed by atoms with Crippen LogP contribution in [0.2, 0.25) is 0 Å². The van der Waals surface area contributed by atoms with E-state index in [1.54, 1.807) is 12.1 Å². The Morgan fingerprint density at radius 1 is 1.46 bits per heavy atom. The molecule has 6 heteroatoms. The number of aromatic nitrogens is 2. The lowest BCUT2D eigenvalue weighted by Gasteiger charge is -2.24. The lowest BCUT2D eigenvalue weighted by atomic mass is 9.80. The number of fused-ring (bicyclic) bond motifs is 1. The number of aliphatic hydroxyl groups is 1. The minimum absolute atomic E-state index is 0.0683. The molecule has 0 unspecified atom stereocenters. The van der Waals surface area contributed by atoms with Crippen molar-refractivity contribution in [3.63, 3.8) is 0 Å². The van der Waals surface area contributed by atoms with Crippen LogP contribution in [0.15, 0.2) is 22.7 Å². The van der Waals surface area contributed by atoms with Gasteiger partial charge in [0.1, 0.15) is 5.82 Å². The fourth-order valence-electron chi connectivity index (χ4n) is 4.45. The molecule has 0 spiro atoms. The van der Waals surface area contributed by atoms with Gasteiger partial charge in [0.05, 0.1) is 12.0 Å². The second-order valence-corrected chi connectivity index (χ2v) is 7.15. The summed E-state index contributed by atoms with van der Waals surface area (Å²) in [5.74, 6) is 1.69. The van der Waals surface area contributed by atoms with E-state index in [4.69, 9.17) is 4.52 Å². The van der Waals surface area contributed by atoms with Gasteiger partial charge in [0.25, 0.3) is 0 Å². The highest BCUT2D eigenvalue weighted by atomic mass is 19.1. The summed E-state index contributed by atoms with van der Waals surface area (Å²) in [5.41, 5.74) is 1.30. The van der Waals surface area contributed by atoms with Crippen LogP contribution in [0.5, 0.6) is 0 Å². The van der Waals surface area contributed by atoms with E-state index in [9.17, 15) is 9.50 Å². The summed E-state index contributed by atoms with van der Waals surface area (Å²) in [6, 6.07) is 4.82. The Morgan fingerprint density at radius 3 is 3.08 bits per heavy atom. The Morgan fingerprint density at radius 2 is 2.33 bits per heavy atom. The SMILES string of the molecule is Cc1noc([C@]23CCC[C@H]2CN(Cc2cc(CO)ccc2F)C3)n1. The average Bonchev–Trinajstić information content (AvgIpc) is 3.23. The van der Waals surface area contributed by atoms with Gasteiger partial charge < -0.3 is 9.63 Å². The standard InChI is InChI=1S/C18H22FN3O2/c1-12-20-17(24-21-12)18-6-2-3-15(18)9-22(11-18)8-14-7-13(10-23)4-5-16(14)19/h4-5,7,15,23H,2-3,6,8-11H2,1H3/t15-,18-/m0/s1. The van der Waals surface area contributed by atoms with Crippen LogP contribution in [0, 0.1) is 18.7 Å². The van der Waals surface area contributed by atoms with E-state index in [-0.39, 0.29) is 17.8 Å². The third kappa shape index (κ3) is 2.54. The average molecular weight is 331 g/mol. The van der Waals surface area contributed by atoms with Crippen LogP contribution in [0.1, 0.15) is 42.1 Å². The maximum Gasteiger partial charge on any atom is 0.234 e. The van der Waals surface area contributed by atoms with Crippen LogP contribution < -0.4 is 0 Å². The molecule has 1 aromatic heterocycles. The molecule has 128 valence electrons. The monoisotopic (exact) mass is 331 g/mol. The van der Waals surface area contributed by atoms with Gasteiger partial charge in [0.15, 0.2) is 5.82 Å². The smallest absolute Gasteiger partial charge is 0.234 e. The molecule has 4 rings (SSSR count). The minimum atomic E-state index is -0.216. The second-order valence-electron chi connectivity index (χ2n) is 7.15. The van der Waals surface area contributed by atoms with Crippen LogP contribution in [0.4, 0.5) is 4.39 Å². The summed E-state index contributed by atoms with van der Waals surface area (Å²) in [6.45, 7) is 4.06. The molecule has 0 amide bonds. The highest BCUT2D eigenvalue weighted by molar-refractivity contribution is 5.25. The van der Waals surface area contributed by atoms with Crippen molar-refractivity contribution >= 4 is 0 Å². The molecular formula is C18H22FN3O2. The van der Waals surface area contributed by atoms with Gasteiger partial charge in [-0.15, -0.1) is 0 Å². The fourth-order valence-corrected chi connectivity index (χ4v) is 4.45. The molecule has 1 N–H and O–H groups in total. The first-order valence-electron chi connectivity index (χ1n) is 8.52. The lowest BCUT2D eigenvalue weighted by Crippen LogP contribution is -2.32. The Hall–Kier alpha value is -1.79. The first-order chi connectivity index (χ1) is 11.6. The van der Waals surface area contributed by atoms with E-state index in [0.717, 1.165) is 37.4 Å². The third-order valence-corrected chi connectivity index (χ3v) is 5.58. The highest BCUT2D eigenvalue weighted by Gasteiger charge is 2.53. The van der Waals surface area contributed by atoms with Gasteiger partial charge in [-0.1, -0.05) is 17.6 Å². The first kappa shape index (κ1) is 15.7. The number of hydrogen-bond acceptors (Lipinski definition) is 5. The fraction of sp³-hybridized carbons (Fsp3) is 0.556. The van der Waals surface area contributed by atoms with Crippen LogP contribution in [-0.4, -0.2) is 33.2 Å². The lowest BCUT2D eigenvalue weighted by molar-refractivity contribution is 0.243. The van der Waals surface area contributed by atoms with Crippen molar-refractivity contribution in [2.24, 2.45) is 5.92 Å². The maximum atomic E-state index is 14.1. The Bertz CT molecular complexity index is 748. The molecule has 1 aliphatic heterocycles. The van der Waals surface area contributed by atoms with Gasteiger partial charge in [-0.2, -0.15) is 4.98 Å². The third-order valence-electron chi connectivity index (χ3n) is 5.58. The minimum Gasteiger partial charge on any atom is -0.392 e. The Kier molecular flexibility index (Phi) is 3.89. The number of rotatable bonds is 4. The van der Waals surface area contributed by atoms with E-state index < -0.39 is 0 Å². The number of benzene rings is 1. The van der Waals surface area contributed by atoms with Crippen LogP contribution in [-0.2, 0) is 18.6 Å². The van der Waals surface area contributed by atoms with E-state index in [1.165, 1.54) is 12.5 Å². The van der Waals surface area contributed by atoms with Gasteiger partial charge >= 0.3 is 0 Å². The van der Waals surface area contributed by atoms with Crippen LogP contribution >= 0.6 is 0 Å². The molecule has 1 saturated carbocycles. The summed E-state index contributed by atoms with van der Waals surface area (Å²) in [4.78, 5) is 6.78. The molecule has 1 aromatic carbocycles. The van der Waals surface area contributed by atoms with Crippen molar-refractivity contribution in [3.05, 3.63) is 46.9 Å². The van der Waals surface area contributed by atoms with Crippen LogP contribution in [0.3, 0.4) is 0 Å². The maximum absolute atomic E-state index is 14.1. The number of nitrogens with zero attached hydrogens (tertiary/aromatic N) is 3. The van der Waals surface area contributed by atoms with E-state index >= 15 is 0 Å². The predicted octanol–water partition coefficient (Wildman–Crippen LogP) is 2.56. The van der Waals surface area contributed by atoms with Gasteiger partial charge in [-0.05, 0) is 43.4 Å². The van der Waals surface area contributed by atoms with Gasteiger partial charge in [0.2, 0.25) is 5.89 Å². The molecular weight excluding hydrogens is 309 g/mol. The van der Waals surface area contributed by atoms with Crippen molar-refractivity contribution < 1.29 is 14.0 Å². The molecule has 2 fully saturated rings. The van der Waals surface area contributed by atoms with Crippen molar-refractivity contribution in [2.75, 3.05) is 13.1 Å². The summed E-state index contributed by atoms with van der Waals surface area (Å²) >= 11 is 0. The summed E-state index contributed by atoms with van der Waals surface area (Å²) < 4.78 is 19.6. The molecule has 2 aromatic rings. The molecule has 2 atom stereocenters. The molecule has 5 nitrogen and oxygen atoms in total. The molecule has 1 aliphatic carbocycles.